The van der Waals surface area contributed by atoms with E-state index in [1.807, 2.05) is 43.0 Å². The van der Waals surface area contributed by atoms with Gasteiger partial charge in [-0.05, 0) is 50.0 Å². The molecule has 46 heavy (non-hydrogen) atoms. The van der Waals surface area contributed by atoms with Crippen LogP contribution in [0, 0.1) is 23.0 Å². The molecule has 0 spiro atoms. The summed E-state index contributed by atoms with van der Waals surface area (Å²) in [5.74, 6) is 2.47. The first-order chi connectivity index (χ1) is 22.3. The Morgan fingerprint density at radius 2 is 1.76 bits per heavy atom. The third-order valence-electron chi connectivity index (χ3n) is 7.52. The first kappa shape index (κ1) is 30.3. The average Bonchev–Trinajstić information content (AvgIpc) is 3.43. The molecule has 1 aliphatic heterocycles. The Bertz CT molecular complexity index is 2120. The maximum absolute atomic E-state index is 15.1. The summed E-state index contributed by atoms with van der Waals surface area (Å²) in [5, 5.41) is 10.8. The number of rotatable bonds is 7. The van der Waals surface area contributed by atoms with E-state index >= 15 is 8.78 Å². The smallest absolute Gasteiger partial charge is 0.213 e. The number of halogens is 2. The van der Waals surface area contributed by atoms with Gasteiger partial charge in [0.25, 0.3) is 0 Å². The van der Waals surface area contributed by atoms with Crippen molar-refractivity contribution in [2.24, 2.45) is 0 Å². The minimum atomic E-state index is -0.796. The van der Waals surface area contributed by atoms with Crippen molar-refractivity contribution in [1.29, 1.82) is 5.26 Å². The summed E-state index contributed by atoms with van der Waals surface area (Å²) in [7, 11) is 5.19. The Hall–Kier alpha value is -5.69. The molecule has 0 saturated carbocycles. The number of benzene rings is 2. The molecule has 4 heterocycles. The third-order valence-corrected chi connectivity index (χ3v) is 8.81. The number of pyridine rings is 2. The second-order valence-electron chi connectivity index (χ2n) is 10.6. The van der Waals surface area contributed by atoms with Crippen molar-refractivity contribution < 1.29 is 23.1 Å². The number of carbonyl (C=O) groups excluding carboxylic acids is 2. The Morgan fingerprint density at radius 3 is 2.39 bits per heavy atom. The Morgan fingerprint density at radius 1 is 0.978 bits per heavy atom. The summed E-state index contributed by atoms with van der Waals surface area (Å²) >= 11 is 1.25. The van der Waals surface area contributed by atoms with Crippen LogP contribution in [0.5, 0.6) is 5.88 Å². The van der Waals surface area contributed by atoms with E-state index < -0.39 is 11.6 Å². The molecule has 2 aromatic carbocycles. The zero-order valence-corrected chi connectivity index (χ0v) is 25.7. The number of thiophene rings is 1. The molecule has 0 radical (unpaired) electrons. The van der Waals surface area contributed by atoms with Gasteiger partial charge in [-0.25, -0.2) is 23.4 Å². The number of anilines is 2. The number of aromatic nitrogens is 2. The summed E-state index contributed by atoms with van der Waals surface area (Å²) < 4.78 is 35.4. The molecule has 0 fully saturated rings. The van der Waals surface area contributed by atoms with Gasteiger partial charge >= 0.3 is 0 Å². The SMILES string of the molecule is COc1ccc(N2C(=C=O)c3c(sc(-c4ccc(C#N)c5ncccc45)c3CN(C)C)N(Cc3c(F)cccc3F)C2=C=O)cn1. The van der Waals surface area contributed by atoms with Gasteiger partial charge in [0.05, 0.1) is 42.2 Å². The third kappa shape index (κ3) is 5.09. The number of hydrogen-bond donors (Lipinski definition) is 0. The predicted octanol–water partition coefficient (Wildman–Crippen LogP) is 5.95. The van der Waals surface area contributed by atoms with Gasteiger partial charge in [0.15, 0.2) is 11.9 Å². The Balaban J connectivity index is 1.69. The average molecular weight is 635 g/mol. The molecular formula is C34H24F2N6O3S. The van der Waals surface area contributed by atoms with Gasteiger partial charge < -0.3 is 14.5 Å². The largest absolute Gasteiger partial charge is 0.481 e. The van der Waals surface area contributed by atoms with E-state index in [1.54, 1.807) is 30.5 Å². The van der Waals surface area contributed by atoms with Crippen molar-refractivity contribution in [3.8, 4) is 22.4 Å². The zero-order chi connectivity index (χ0) is 32.5. The van der Waals surface area contributed by atoms with Crippen LogP contribution in [-0.4, -0.2) is 48.0 Å². The van der Waals surface area contributed by atoms with Crippen molar-refractivity contribution in [1.82, 2.24) is 14.9 Å². The molecule has 0 amide bonds. The summed E-state index contributed by atoms with van der Waals surface area (Å²) in [6.45, 7) is -0.0514. The van der Waals surface area contributed by atoms with Gasteiger partial charge in [0.2, 0.25) is 11.7 Å². The van der Waals surface area contributed by atoms with Gasteiger partial charge in [-0.1, -0.05) is 18.2 Å². The highest BCUT2D eigenvalue weighted by molar-refractivity contribution is 7.20. The molecule has 0 N–H and O–H groups in total. The molecule has 1 aliphatic rings. The van der Waals surface area contributed by atoms with Crippen molar-refractivity contribution >= 4 is 50.5 Å². The molecule has 3 aromatic heterocycles. The number of nitriles is 1. The number of nitrogens with zero attached hydrogens (tertiary/aromatic N) is 6. The predicted molar refractivity (Wildman–Crippen MR) is 171 cm³/mol. The van der Waals surface area contributed by atoms with Crippen molar-refractivity contribution in [3.05, 3.63) is 107 Å². The van der Waals surface area contributed by atoms with Crippen molar-refractivity contribution in [3.63, 3.8) is 0 Å². The van der Waals surface area contributed by atoms with E-state index in [-0.39, 0.29) is 23.6 Å². The Kier molecular flexibility index (Phi) is 8.16. The lowest BCUT2D eigenvalue weighted by Gasteiger charge is -2.38. The van der Waals surface area contributed by atoms with Gasteiger partial charge in [-0.3, -0.25) is 9.88 Å². The van der Waals surface area contributed by atoms with Crippen LogP contribution in [0.2, 0.25) is 0 Å². The maximum atomic E-state index is 15.1. The lowest BCUT2D eigenvalue weighted by molar-refractivity contribution is 0.398. The topological polar surface area (TPSA) is 103 Å². The molecule has 0 bridgehead atoms. The highest BCUT2D eigenvalue weighted by Crippen LogP contribution is 2.52. The molecule has 0 unspecified atom stereocenters. The van der Waals surface area contributed by atoms with Crippen LogP contribution in [0.3, 0.4) is 0 Å². The lowest BCUT2D eigenvalue weighted by Crippen LogP contribution is -2.40. The minimum Gasteiger partial charge on any atom is -0.481 e. The summed E-state index contributed by atoms with van der Waals surface area (Å²) in [6.07, 6.45) is 3.02. The normalized spacial score (nSPS) is 12.6. The van der Waals surface area contributed by atoms with Crippen LogP contribution in [0.1, 0.15) is 22.3 Å². The molecular weight excluding hydrogens is 610 g/mol. The maximum Gasteiger partial charge on any atom is 0.213 e. The molecule has 5 aromatic rings. The van der Waals surface area contributed by atoms with Crippen LogP contribution in [0.15, 0.2) is 72.8 Å². The van der Waals surface area contributed by atoms with Crippen molar-refractivity contribution in [2.75, 3.05) is 31.0 Å². The number of hydrogen-bond acceptors (Lipinski definition) is 10. The summed E-state index contributed by atoms with van der Waals surface area (Å²) in [5.41, 5.74) is 2.79. The second kappa shape index (κ2) is 12.4. The second-order valence-corrected chi connectivity index (χ2v) is 11.6. The first-order valence-corrected chi connectivity index (χ1v) is 14.7. The molecule has 228 valence electrons. The Labute approximate surface area is 266 Å². The van der Waals surface area contributed by atoms with Crippen LogP contribution < -0.4 is 14.5 Å². The van der Waals surface area contributed by atoms with Crippen LogP contribution in [0.25, 0.3) is 27.0 Å². The monoisotopic (exact) mass is 634 g/mol. The molecule has 12 heteroatoms. The molecule has 0 aliphatic carbocycles. The van der Waals surface area contributed by atoms with Crippen LogP contribution >= 0.6 is 11.3 Å². The summed E-state index contributed by atoms with van der Waals surface area (Å²) in [6, 6.07) is 16.0. The van der Waals surface area contributed by atoms with E-state index in [2.05, 4.69) is 16.0 Å². The fourth-order valence-electron chi connectivity index (χ4n) is 5.53. The molecule has 0 saturated heterocycles. The van der Waals surface area contributed by atoms with Gasteiger partial charge in [0.1, 0.15) is 28.4 Å². The number of methoxy groups -OCH3 is 1. The fourth-order valence-corrected chi connectivity index (χ4v) is 6.88. The van der Waals surface area contributed by atoms with E-state index in [0.717, 1.165) is 17.7 Å². The van der Waals surface area contributed by atoms with Gasteiger partial charge in [-0.15, -0.1) is 11.3 Å². The van der Waals surface area contributed by atoms with E-state index in [1.165, 1.54) is 40.5 Å². The van der Waals surface area contributed by atoms with Crippen molar-refractivity contribution in [2.45, 2.75) is 13.1 Å². The molecule has 0 atom stereocenters. The quantitative estimate of drug-likeness (QED) is 0.201. The van der Waals surface area contributed by atoms with Crippen LogP contribution in [0.4, 0.5) is 19.5 Å². The molecule has 9 nitrogen and oxygen atoms in total. The fraction of sp³-hybridized carbons (Fsp3) is 0.147. The van der Waals surface area contributed by atoms with Gasteiger partial charge in [0, 0.05) is 40.2 Å². The highest BCUT2D eigenvalue weighted by Gasteiger charge is 2.40. The van der Waals surface area contributed by atoms with Gasteiger partial charge in [-0.2, -0.15) is 5.26 Å². The van der Waals surface area contributed by atoms with Crippen LogP contribution in [-0.2, 0) is 22.7 Å². The minimum absolute atomic E-state index is 0.000924. The lowest BCUT2D eigenvalue weighted by atomic mass is 9.96. The standard InChI is InChI=1S/C34H24F2N6O3S/c1-40(2)16-25-31-28(18-43)42(21-10-12-29(45-3)39-15-21)30(19-44)41(17-24-26(35)7-4-8-27(24)36)34(31)46-33(25)23-11-9-20(14-37)32-22(23)6-5-13-38-32/h4-13,15H,16-17H2,1-3H3. The van der Waals surface area contributed by atoms with E-state index in [4.69, 9.17) is 4.74 Å². The van der Waals surface area contributed by atoms with E-state index in [9.17, 15) is 14.9 Å². The number of fused-ring (bicyclic) bond motifs is 2. The summed E-state index contributed by atoms with van der Waals surface area (Å²) in [4.78, 5) is 39.9. The highest BCUT2D eigenvalue weighted by atomic mass is 32.1. The number of ether oxygens (including phenoxy) is 1. The molecule has 6 rings (SSSR count). The zero-order valence-electron chi connectivity index (χ0n) is 24.8. The van der Waals surface area contributed by atoms with E-state index in [0.29, 0.717) is 55.6 Å². The first-order valence-electron chi connectivity index (χ1n) is 13.9.